The molecule has 0 saturated heterocycles. The first-order valence-corrected chi connectivity index (χ1v) is 13.4. The van der Waals surface area contributed by atoms with Gasteiger partial charge in [0.1, 0.15) is 17.2 Å². The van der Waals surface area contributed by atoms with E-state index in [1.54, 1.807) is 10.8 Å². The molecular formula is C31H28FN4O5+. The molecule has 1 unspecified atom stereocenters. The van der Waals surface area contributed by atoms with Crippen LogP contribution in [0.3, 0.4) is 0 Å². The zero-order valence-electron chi connectivity index (χ0n) is 22.6. The number of hydroxylamine groups is 1. The average Bonchev–Trinajstić information content (AvgIpc) is 3.53. The molecule has 3 heterocycles. The molecule has 1 aliphatic heterocycles. The van der Waals surface area contributed by atoms with Crippen molar-refractivity contribution in [2.45, 2.75) is 44.6 Å². The number of carbonyl (C=O) groups is 1. The summed E-state index contributed by atoms with van der Waals surface area (Å²) < 4.78 is 22.8. The predicted molar refractivity (Wildman–Crippen MR) is 150 cm³/mol. The van der Waals surface area contributed by atoms with Gasteiger partial charge in [-0.15, -0.1) is 0 Å². The van der Waals surface area contributed by atoms with Crippen LogP contribution < -0.4 is 5.56 Å². The van der Waals surface area contributed by atoms with Gasteiger partial charge in [0.2, 0.25) is 11.6 Å². The lowest BCUT2D eigenvalue weighted by Gasteiger charge is -2.14. The van der Waals surface area contributed by atoms with Gasteiger partial charge < -0.3 is 9.52 Å². The van der Waals surface area contributed by atoms with Crippen LogP contribution in [0.1, 0.15) is 49.9 Å². The molecule has 0 bridgehead atoms. The normalized spacial score (nSPS) is 17.0. The van der Waals surface area contributed by atoms with Gasteiger partial charge in [0.25, 0.3) is 11.2 Å². The van der Waals surface area contributed by atoms with Crippen molar-refractivity contribution in [3.05, 3.63) is 100 Å². The van der Waals surface area contributed by atoms with E-state index in [4.69, 9.17) is 19.3 Å². The first kappa shape index (κ1) is 26.4. The fourth-order valence-corrected chi connectivity index (χ4v) is 5.31. The van der Waals surface area contributed by atoms with E-state index in [-0.39, 0.29) is 12.0 Å². The van der Waals surface area contributed by atoms with Crippen molar-refractivity contribution in [3.8, 4) is 5.69 Å². The lowest BCUT2D eigenvalue weighted by Crippen LogP contribution is -2.24. The molecule has 9 nitrogen and oxygen atoms in total. The molecule has 0 aliphatic carbocycles. The first-order valence-electron chi connectivity index (χ1n) is 13.4. The first-order chi connectivity index (χ1) is 19.7. The number of benzene rings is 3. The summed E-state index contributed by atoms with van der Waals surface area (Å²) in [6.07, 6.45) is 1.87. The standard InChI is InChI=1S/C31H27FN4O5/c1-31(30-34-23-7-3-4-8-26(23)40-30)18-25(35(2)41-31)19-11-16-22-24(17-19)33-27(9-5-6-10-28(37)38)36(29(22)39)21-14-12-20(32)13-15-21/h3-4,7-8,11-17H,5-6,9-10,18H2,1-2H3/p+1. The van der Waals surface area contributed by atoms with Gasteiger partial charge in [-0.2, -0.15) is 0 Å². The van der Waals surface area contributed by atoms with E-state index in [0.29, 0.717) is 59.6 Å². The van der Waals surface area contributed by atoms with Gasteiger partial charge in [-0.05, 0) is 79.1 Å². The molecule has 41 heavy (non-hydrogen) atoms. The van der Waals surface area contributed by atoms with E-state index in [9.17, 15) is 14.0 Å². The topological polar surface area (TPSA) is 110 Å². The highest BCUT2D eigenvalue weighted by molar-refractivity contribution is 6.00. The monoisotopic (exact) mass is 555 g/mol. The van der Waals surface area contributed by atoms with Crippen LogP contribution in [0.4, 0.5) is 4.39 Å². The Hall–Kier alpha value is -4.86. The van der Waals surface area contributed by atoms with Gasteiger partial charge in [-0.1, -0.05) is 12.1 Å². The maximum atomic E-state index is 13.7. The third-order valence-corrected chi connectivity index (χ3v) is 7.37. The van der Waals surface area contributed by atoms with Crippen LogP contribution in [0.25, 0.3) is 27.7 Å². The number of nitrogens with zero attached hydrogens (tertiary/aromatic N) is 4. The summed E-state index contributed by atoms with van der Waals surface area (Å²) in [4.78, 5) is 40.4. The van der Waals surface area contributed by atoms with Crippen LogP contribution in [0.5, 0.6) is 0 Å². The number of rotatable bonds is 8. The van der Waals surface area contributed by atoms with Crippen LogP contribution in [0.2, 0.25) is 0 Å². The van der Waals surface area contributed by atoms with Crippen molar-refractivity contribution in [3.63, 3.8) is 0 Å². The van der Waals surface area contributed by atoms with Gasteiger partial charge in [-0.25, -0.2) is 14.4 Å². The Balaban J connectivity index is 1.37. The minimum absolute atomic E-state index is 0.0298. The minimum atomic E-state index is -0.873. The maximum absolute atomic E-state index is 13.7. The SMILES string of the molecule is C[N+]1=C(c2ccc3c(=O)n(-c4ccc(F)cc4)c(CCCCC(=O)O)nc3c2)CC(C)(c2nc3ccccc3o2)O1. The van der Waals surface area contributed by atoms with Crippen molar-refractivity contribution in [1.82, 2.24) is 14.5 Å². The molecule has 5 aromatic rings. The number of aliphatic carboxylic acids is 1. The molecule has 3 aromatic carbocycles. The number of carboxylic acid groups (broad SMARTS) is 1. The van der Waals surface area contributed by atoms with E-state index in [1.807, 2.05) is 50.4 Å². The Bertz CT molecular complexity index is 1860. The number of unbranched alkanes of at least 4 members (excludes halogenated alkanes) is 1. The van der Waals surface area contributed by atoms with Gasteiger partial charge in [0.15, 0.2) is 12.6 Å². The number of fused-ring (bicyclic) bond motifs is 2. The zero-order valence-corrected chi connectivity index (χ0v) is 22.6. The number of aryl methyl sites for hydroxylation is 1. The summed E-state index contributed by atoms with van der Waals surface area (Å²) in [6, 6.07) is 18.7. The Labute approximate surface area is 234 Å². The van der Waals surface area contributed by atoms with E-state index in [0.717, 1.165) is 16.8 Å². The Morgan fingerprint density at radius 1 is 1.07 bits per heavy atom. The second kappa shape index (κ2) is 10.3. The molecule has 6 rings (SSSR count). The molecule has 0 spiro atoms. The van der Waals surface area contributed by atoms with E-state index >= 15 is 0 Å². The number of oxazole rings is 1. The minimum Gasteiger partial charge on any atom is -0.481 e. The second-order valence-electron chi connectivity index (χ2n) is 10.4. The van der Waals surface area contributed by atoms with Crippen molar-refractivity contribution >= 4 is 33.7 Å². The van der Waals surface area contributed by atoms with E-state index < -0.39 is 17.4 Å². The van der Waals surface area contributed by atoms with Crippen molar-refractivity contribution < 1.29 is 28.3 Å². The van der Waals surface area contributed by atoms with Gasteiger partial charge in [-0.3, -0.25) is 19.0 Å². The molecule has 1 aliphatic rings. The summed E-state index contributed by atoms with van der Waals surface area (Å²) >= 11 is 0. The Kier molecular flexibility index (Phi) is 6.61. The molecule has 10 heteroatoms. The number of aromatic nitrogens is 3. The lowest BCUT2D eigenvalue weighted by atomic mass is 9.95. The fraction of sp³-hybridized carbons (Fsp3) is 0.258. The highest BCUT2D eigenvalue weighted by Gasteiger charge is 2.49. The number of halogens is 1. The summed E-state index contributed by atoms with van der Waals surface area (Å²) in [5.74, 6) is -0.325. The lowest BCUT2D eigenvalue weighted by molar-refractivity contribution is -0.781. The molecule has 2 aromatic heterocycles. The number of hydrogen-bond acceptors (Lipinski definition) is 6. The van der Waals surface area contributed by atoms with Crippen LogP contribution in [-0.4, -0.2) is 43.1 Å². The zero-order chi connectivity index (χ0) is 28.7. The third-order valence-electron chi connectivity index (χ3n) is 7.37. The summed E-state index contributed by atoms with van der Waals surface area (Å²) in [5, 5.41) is 9.44. The molecule has 0 fully saturated rings. The summed E-state index contributed by atoms with van der Waals surface area (Å²) in [7, 11) is 1.82. The van der Waals surface area contributed by atoms with Crippen molar-refractivity contribution in [1.29, 1.82) is 0 Å². The van der Waals surface area contributed by atoms with E-state index in [1.165, 1.54) is 28.8 Å². The van der Waals surface area contributed by atoms with Gasteiger partial charge in [0, 0.05) is 18.4 Å². The van der Waals surface area contributed by atoms with Crippen molar-refractivity contribution in [2.75, 3.05) is 7.05 Å². The fourth-order valence-electron chi connectivity index (χ4n) is 5.31. The highest BCUT2D eigenvalue weighted by atomic mass is 19.1. The maximum Gasteiger partial charge on any atom is 0.303 e. The molecule has 208 valence electrons. The molecule has 0 radical (unpaired) electrons. The second-order valence-corrected chi connectivity index (χ2v) is 10.4. The largest absolute Gasteiger partial charge is 0.481 e. The predicted octanol–water partition coefficient (Wildman–Crippen LogP) is 5.15. The van der Waals surface area contributed by atoms with Crippen LogP contribution in [0, 0.1) is 5.82 Å². The van der Waals surface area contributed by atoms with Gasteiger partial charge in [0.05, 0.1) is 23.0 Å². The summed E-state index contributed by atoms with van der Waals surface area (Å²) in [5.41, 5.74) is 3.06. The molecule has 1 atom stereocenters. The number of hydrogen-bond donors (Lipinski definition) is 1. The Morgan fingerprint density at radius 3 is 2.61 bits per heavy atom. The van der Waals surface area contributed by atoms with Crippen LogP contribution in [-0.2, 0) is 21.7 Å². The quantitative estimate of drug-likeness (QED) is 0.208. The molecule has 0 amide bonds. The Morgan fingerprint density at radius 2 is 1.85 bits per heavy atom. The van der Waals surface area contributed by atoms with Crippen molar-refractivity contribution in [2.24, 2.45) is 0 Å². The third kappa shape index (κ3) is 4.97. The highest BCUT2D eigenvalue weighted by Crippen LogP contribution is 2.36. The molecular weight excluding hydrogens is 527 g/mol. The number of para-hydroxylation sites is 2. The van der Waals surface area contributed by atoms with E-state index in [2.05, 4.69) is 4.98 Å². The smallest absolute Gasteiger partial charge is 0.303 e. The molecule has 1 N–H and O–H groups in total. The number of carboxylic acids is 1. The summed E-state index contributed by atoms with van der Waals surface area (Å²) in [6.45, 7) is 1.93. The van der Waals surface area contributed by atoms with Crippen LogP contribution in [0.15, 0.2) is 75.9 Å². The van der Waals surface area contributed by atoms with Gasteiger partial charge >= 0.3 is 5.97 Å². The molecule has 0 saturated carbocycles. The van der Waals surface area contributed by atoms with Crippen LogP contribution >= 0.6 is 0 Å². The average molecular weight is 556 g/mol.